The van der Waals surface area contributed by atoms with Gasteiger partial charge in [-0.15, -0.1) is 0 Å². The van der Waals surface area contributed by atoms with E-state index in [2.05, 4.69) is 16.0 Å². The van der Waals surface area contributed by atoms with Crippen molar-refractivity contribution in [3.63, 3.8) is 0 Å². The number of anilines is 3. The van der Waals surface area contributed by atoms with Crippen LogP contribution in [-0.2, 0) is 30.5 Å². The first-order chi connectivity index (χ1) is 41.0. The minimum absolute atomic E-state index is 0.0743. The van der Waals surface area contributed by atoms with E-state index in [1.165, 1.54) is 31.3 Å². The van der Waals surface area contributed by atoms with E-state index in [1.807, 2.05) is 44.3 Å². The van der Waals surface area contributed by atoms with Crippen LogP contribution in [0.4, 0.5) is 21.9 Å². The number of aliphatic hydroxyl groups excluding tert-OH is 1. The van der Waals surface area contributed by atoms with Gasteiger partial charge in [0.05, 0.1) is 82.2 Å². The molecular formula is C61H73N9O14. The number of nitrogens with two attached hydrogens (primary N) is 1. The number of nitrogens with zero attached hydrogens (tertiary/aromatic N) is 4. The largest absolute Gasteiger partial charge is 0.497 e. The molecule has 1 aliphatic carbocycles. The molecule has 446 valence electrons. The van der Waals surface area contributed by atoms with E-state index < -0.39 is 67.2 Å². The SMILES string of the molecule is [2H]N(CC(=O)N1CCC[C@H]1C(=O)N[C@H](C(=O)Nc1ccc(COC(=O)N2c3cc(OCCCOc4cc5c(cc4OC)C(=O)N4C=C(c6ccc(OC)cc6)C[C@H]4CN5)c(OC)cc3C(=O)N3CC4(CC4)C[C@H]3C2O)cc1)[C@@H](C)CC)C(=O)CN. The fourth-order valence-corrected chi connectivity index (χ4v) is 11.7. The second kappa shape index (κ2) is 25.1. The minimum atomic E-state index is -1.48. The topological polar surface area (TPSA) is 282 Å². The number of ether oxygens (including phenoxy) is 6. The van der Waals surface area contributed by atoms with Gasteiger partial charge in [-0.05, 0) is 103 Å². The highest BCUT2D eigenvalue weighted by atomic mass is 16.6. The first-order valence-electron chi connectivity index (χ1n) is 29.0. The number of carbonyl (C=O) groups is 7. The third-order valence-electron chi connectivity index (χ3n) is 16.9. The lowest BCUT2D eigenvalue weighted by atomic mass is 9.97. The molecule has 5 aliphatic heterocycles. The summed E-state index contributed by atoms with van der Waals surface area (Å²) in [5, 5.41) is 21.8. The lowest BCUT2D eigenvalue weighted by Gasteiger charge is -2.31. The Labute approximate surface area is 488 Å². The van der Waals surface area contributed by atoms with Gasteiger partial charge in [-0.3, -0.25) is 28.8 Å². The molecule has 84 heavy (non-hydrogen) atoms. The van der Waals surface area contributed by atoms with Crippen LogP contribution in [0.1, 0.15) is 97.1 Å². The fraction of sp³-hybridized carbons (Fsp3) is 0.459. The maximum absolute atomic E-state index is 14.5. The lowest BCUT2D eigenvalue weighted by Crippen LogP contribution is -2.55. The van der Waals surface area contributed by atoms with Crippen molar-refractivity contribution in [2.24, 2.45) is 17.1 Å². The molecule has 10 rings (SSSR count). The number of amides is 7. The molecule has 4 aromatic rings. The number of aliphatic hydroxyl groups is 1. The van der Waals surface area contributed by atoms with Crippen LogP contribution in [0.15, 0.2) is 79.0 Å². The quantitative estimate of drug-likeness (QED) is 0.0582. The Morgan fingerprint density at radius 2 is 1.60 bits per heavy atom. The number of carbonyl (C=O) groups excluding carboxylic acids is 7. The van der Waals surface area contributed by atoms with Gasteiger partial charge in [-0.2, -0.15) is 0 Å². The first kappa shape index (κ1) is 57.3. The molecular weight excluding hydrogens is 1080 g/mol. The standard InChI is InChI=1S/C61H73N9O14/c1-6-35(2)54(66-55(73)45-9-7-20-67(45)53(72)31-64-52(71)29-62)56(74)65-39-14-10-36(11-15-39)33-84-60(78)70-46-27-51(49(81-5)25-43(46)58(76)69-34-61(18-19-61)28-47(69)59(70)77)83-22-8-21-82-50-26-44-42(24-48(50)80-4)57(75)68-32-38(23-40(68)30-63-44)37-12-16-41(79-3)17-13-37/h10-17,24-27,32,35,40,45,47,54,59,63,77H,6-9,18-23,28-31,33-34,62H2,1-5H3,(H,64,71)(H,65,74)(H,66,73)/t35-,40-,45-,47-,54-,59?/m0/s1/i/hD. The number of nitrogens with one attached hydrogen (secondary N) is 4. The molecule has 0 aromatic heterocycles. The Hall–Kier alpha value is -8.57. The van der Waals surface area contributed by atoms with Crippen molar-refractivity contribution in [1.29, 1.82) is 0 Å². The number of methoxy groups -OCH3 is 3. The molecule has 1 spiro atoms. The van der Waals surface area contributed by atoms with E-state index in [4.69, 9.17) is 35.6 Å². The number of rotatable bonds is 21. The van der Waals surface area contributed by atoms with Crippen LogP contribution in [0.5, 0.6) is 28.7 Å². The number of benzene rings is 4. The van der Waals surface area contributed by atoms with Gasteiger partial charge in [0.2, 0.25) is 23.6 Å². The molecule has 4 aromatic carbocycles. The van der Waals surface area contributed by atoms with E-state index >= 15 is 0 Å². The predicted molar refractivity (Wildman–Crippen MR) is 309 cm³/mol. The monoisotopic (exact) mass is 1160 g/mol. The van der Waals surface area contributed by atoms with Gasteiger partial charge in [0.15, 0.2) is 30.6 Å². The molecule has 7 amide bonds. The molecule has 5 heterocycles. The maximum Gasteiger partial charge on any atom is 0.416 e. The number of fused-ring (bicyclic) bond motifs is 4. The molecule has 2 saturated heterocycles. The van der Waals surface area contributed by atoms with Crippen LogP contribution in [0.2, 0.25) is 1.41 Å². The van der Waals surface area contributed by atoms with Gasteiger partial charge in [-0.1, -0.05) is 44.5 Å². The minimum Gasteiger partial charge on any atom is -0.497 e. The van der Waals surface area contributed by atoms with Crippen LogP contribution in [-0.4, -0.2) is 159 Å². The fourth-order valence-electron chi connectivity index (χ4n) is 11.7. The zero-order chi connectivity index (χ0) is 60.3. The van der Waals surface area contributed by atoms with Crippen LogP contribution < -0.4 is 55.6 Å². The maximum atomic E-state index is 14.5. The summed E-state index contributed by atoms with van der Waals surface area (Å²) in [6, 6.07) is 18.1. The number of likely N-dealkylation sites (tertiary alicyclic amines) is 1. The average molecular weight is 1160 g/mol. The van der Waals surface area contributed by atoms with Crippen molar-refractivity contribution in [3.05, 3.63) is 101 Å². The smallest absolute Gasteiger partial charge is 0.416 e. The summed E-state index contributed by atoms with van der Waals surface area (Å²) < 4.78 is 43.0. The van der Waals surface area contributed by atoms with Crippen molar-refractivity contribution in [2.45, 2.75) is 102 Å². The summed E-state index contributed by atoms with van der Waals surface area (Å²) in [6.07, 6.45) is 4.26. The average Bonchev–Trinajstić information content (AvgIpc) is 1.90. The van der Waals surface area contributed by atoms with Crippen molar-refractivity contribution in [1.82, 2.24) is 25.3 Å². The van der Waals surface area contributed by atoms with Gasteiger partial charge >= 0.3 is 6.09 Å². The van der Waals surface area contributed by atoms with Gasteiger partial charge in [0.1, 0.15) is 24.4 Å². The predicted octanol–water partition coefficient (Wildman–Crippen LogP) is 5.25. The third kappa shape index (κ3) is 12.2. The molecule has 7 N–H and O–H groups in total. The van der Waals surface area contributed by atoms with Gasteiger partial charge < -0.3 is 75.2 Å². The number of hydrogen-bond donors (Lipinski definition) is 6. The zero-order valence-electron chi connectivity index (χ0n) is 48.9. The molecule has 0 bridgehead atoms. The normalized spacial score (nSPS) is 20.8. The van der Waals surface area contributed by atoms with Gasteiger partial charge in [-0.25, -0.2) is 9.69 Å². The Morgan fingerprint density at radius 1 is 0.893 bits per heavy atom. The van der Waals surface area contributed by atoms with Crippen molar-refractivity contribution < 1.29 is 68.5 Å². The Bertz CT molecular complexity index is 3250. The van der Waals surface area contributed by atoms with Crippen LogP contribution in [0, 0.1) is 11.3 Å². The summed E-state index contributed by atoms with van der Waals surface area (Å²) in [6.45, 7) is 3.95. The lowest BCUT2D eigenvalue weighted by molar-refractivity contribution is -0.139. The second-order valence-electron chi connectivity index (χ2n) is 22.2. The summed E-state index contributed by atoms with van der Waals surface area (Å²) in [5.74, 6) is -1.16. The van der Waals surface area contributed by atoms with Crippen LogP contribution in [0.25, 0.3) is 5.57 Å². The summed E-state index contributed by atoms with van der Waals surface area (Å²) in [7, 11) is 4.58. The van der Waals surface area contributed by atoms with Crippen molar-refractivity contribution in [2.75, 3.05) is 82.8 Å². The molecule has 1 saturated carbocycles. The third-order valence-corrected chi connectivity index (χ3v) is 16.9. The molecule has 6 aliphatic rings. The van der Waals surface area contributed by atoms with Crippen LogP contribution >= 0.6 is 0 Å². The highest BCUT2D eigenvalue weighted by Gasteiger charge is 2.58. The van der Waals surface area contributed by atoms with Crippen LogP contribution in [0.3, 0.4) is 0 Å². The molecule has 23 nitrogen and oxygen atoms in total. The Balaban J connectivity index is 0.781. The molecule has 6 atom stereocenters. The Morgan fingerprint density at radius 3 is 2.26 bits per heavy atom. The van der Waals surface area contributed by atoms with Gasteiger partial charge in [0, 0.05) is 50.1 Å². The van der Waals surface area contributed by atoms with E-state index in [-0.39, 0.29) is 78.3 Å². The van der Waals surface area contributed by atoms with E-state index in [1.54, 1.807) is 53.3 Å². The van der Waals surface area contributed by atoms with Crippen molar-refractivity contribution >= 4 is 64.2 Å². The zero-order valence-corrected chi connectivity index (χ0v) is 47.9. The molecule has 3 fully saturated rings. The number of hydrogen-bond acceptors (Lipinski definition) is 16. The van der Waals surface area contributed by atoms with Gasteiger partial charge in [0.25, 0.3) is 11.8 Å². The summed E-state index contributed by atoms with van der Waals surface area (Å²) in [5.41, 5.74) is 9.47. The highest BCUT2D eigenvalue weighted by Crippen LogP contribution is 2.57. The highest BCUT2D eigenvalue weighted by molar-refractivity contribution is 6.06. The molecule has 23 heteroatoms. The molecule has 0 radical (unpaired) electrons. The summed E-state index contributed by atoms with van der Waals surface area (Å²) >= 11 is 0. The van der Waals surface area contributed by atoms with E-state index in [0.29, 0.717) is 90.9 Å². The molecule has 1 unspecified atom stereocenters. The van der Waals surface area contributed by atoms with E-state index in [9.17, 15) is 38.7 Å². The van der Waals surface area contributed by atoms with Crippen molar-refractivity contribution in [3.8, 4) is 28.7 Å². The first-order valence-corrected chi connectivity index (χ1v) is 28.5. The Kier molecular flexibility index (Phi) is 17.1. The second-order valence-corrected chi connectivity index (χ2v) is 22.2. The summed E-state index contributed by atoms with van der Waals surface area (Å²) in [4.78, 5) is 101. The van der Waals surface area contributed by atoms with E-state index in [0.717, 1.165) is 34.6 Å².